The van der Waals surface area contributed by atoms with Gasteiger partial charge < -0.3 is 5.32 Å². The maximum absolute atomic E-state index is 11.7. The highest BCUT2D eigenvalue weighted by Crippen LogP contribution is 2.21. The lowest BCUT2D eigenvalue weighted by molar-refractivity contribution is -0.121. The molecule has 3 nitrogen and oxygen atoms in total. The van der Waals surface area contributed by atoms with Gasteiger partial charge >= 0.3 is 0 Å². The lowest BCUT2D eigenvalue weighted by Gasteiger charge is -2.14. The number of carbonyl (C=O) groups is 1. The topological polar surface area (TPSA) is 32.3 Å². The zero-order valence-corrected chi connectivity index (χ0v) is 12.0. The van der Waals surface area contributed by atoms with Gasteiger partial charge in [-0.1, -0.05) is 38.1 Å². The molecule has 0 saturated carbocycles. The van der Waals surface area contributed by atoms with Crippen molar-refractivity contribution in [2.45, 2.75) is 39.8 Å². The maximum atomic E-state index is 11.7. The van der Waals surface area contributed by atoms with Crippen LogP contribution in [0.15, 0.2) is 24.3 Å². The number of fused-ring (bicyclic) bond motifs is 1. The number of carbonyl (C=O) groups excluding carboxylic acids is 1. The number of nitrogens with one attached hydrogen (secondary N) is 1. The summed E-state index contributed by atoms with van der Waals surface area (Å²) in [6, 6.07) is 8.53. The Balaban J connectivity index is 1.66. The molecule has 2 rings (SSSR count). The summed E-state index contributed by atoms with van der Waals surface area (Å²) in [6.45, 7) is 7.96. The van der Waals surface area contributed by atoms with Crippen LogP contribution in [0.4, 0.5) is 0 Å². The van der Waals surface area contributed by atoms with Crippen molar-refractivity contribution in [3.63, 3.8) is 0 Å². The first-order chi connectivity index (χ1) is 9.15. The van der Waals surface area contributed by atoms with Crippen LogP contribution in [0.25, 0.3) is 0 Å². The van der Waals surface area contributed by atoms with Crippen LogP contribution in [0.5, 0.6) is 0 Å². The fourth-order valence-electron chi connectivity index (χ4n) is 2.41. The molecule has 1 amide bonds. The first kappa shape index (κ1) is 14.1. The van der Waals surface area contributed by atoms with Gasteiger partial charge in [-0.25, -0.2) is 0 Å². The third-order valence-electron chi connectivity index (χ3n) is 3.61. The molecule has 0 atom stereocenters. The minimum Gasteiger partial charge on any atom is -0.356 e. The van der Waals surface area contributed by atoms with Gasteiger partial charge in [-0.05, 0) is 23.5 Å². The van der Waals surface area contributed by atoms with Crippen molar-refractivity contribution in [2.75, 3.05) is 13.1 Å². The van der Waals surface area contributed by atoms with Crippen LogP contribution in [0.3, 0.4) is 0 Å². The molecule has 1 aliphatic heterocycles. The first-order valence-corrected chi connectivity index (χ1v) is 7.21. The van der Waals surface area contributed by atoms with Gasteiger partial charge in [-0.3, -0.25) is 9.69 Å². The second-order valence-electron chi connectivity index (χ2n) is 5.76. The largest absolute Gasteiger partial charge is 0.356 e. The number of hydrogen-bond donors (Lipinski definition) is 1. The van der Waals surface area contributed by atoms with Crippen molar-refractivity contribution in [1.29, 1.82) is 0 Å². The summed E-state index contributed by atoms with van der Waals surface area (Å²) in [5.41, 5.74) is 2.81. The van der Waals surface area contributed by atoms with Gasteiger partial charge in [0.15, 0.2) is 0 Å². The van der Waals surface area contributed by atoms with Crippen LogP contribution >= 0.6 is 0 Å². The molecular weight excluding hydrogens is 236 g/mol. The van der Waals surface area contributed by atoms with Crippen molar-refractivity contribution in [2.24, 2.45) is 5.92 Å². The Labute approximate surface area is 116 Å². The van der Waals surface area contributed by atoms with Gasteiger partial charge in [0.1, 0.15) is 0 Å². The molecule has 0 fully saturated rings. The summed E-state index contributed by atoms with van der Waals surface area (Å²) in [5, 5.41) is 2.99. The fourth-order valence-corrected chi connectivity index (χ4v) is 2.41. The van der Waals surface area contributed by atoms with Crippen molar-refractivity contribution < 1.29 is 4.79 Å². The van der Waals surface area contributed by atoms with Crippen molar-refractivity contribution in [3.8, 4) is 0 Å². The summed E-state index contributed by atoms with van der Waals surface area (Å²) < 4.78 is 0. The normalized spacial score (nSPS) is 14.7. The van der Waals surface area contributed by atoms with E-state index in [4.69, 9.17) is 0 Å². The molecule has 0 unspecified atom stereocenters. The van der Waals surface area contributed by atoms with E-state index in [-0.39, 0.29) is 5.91 Å². The molecule has 0 aliphatic carbocycles. The Hall–Kier alpha value is -1.35. The molecule has 1 aromatic carbocycles. The third-order valence-corrected chi connectivity index (χ3v) is 3.61. The highest BCUT2D eigenvalue weighted by atomic mass is 16.1. The van der Waals surface area contributed by atoms with E-state index in [1.54, 1.807) is 0 Å². The standard InChI is InChI=1S/C16H24N2O/c1-13(2)7-9-17-16(19)8-10-18-11-14-5-3-4-6-15(14)12-18/h3-6,13H,7-12H2,1-2H3,(H,17,19). The maximum Gasteiger partial charge on any atom is 0.221 e. The van der Waals surface area contributed by atoms with Crippen LogP contribution in [0.2, 0.25) is 0 Å². The van der Waals surface area contributed by atoms with Gasteiger partial charge in [0.2, 0.25) is 5.91 Å². The molecule has 3 heteroatoms. The van der Waals surface area contributed by atoms with Gasteiger partial charge in [-0.2, -0.15) is 0 Å². The van der Waals surface area contributed by atoms with Crippen LogP contribution in [-0.4, -0.2) is 23.9 Å². The smallest absolute Gasteiger partial charge is 0.221 e. The molecule has 1 aliphatic rings. The molecule has 0 spiro atoms. The van der Waals surface area contributed by atoms with E-state index in [1.165, 1.54) is 11.1 Å². The van der Waals surface area contributed by atoms with E-state index in [9.17, 15) is 4.79 Å². The number of benzene rings is 1. The lowest BCUT2D eigenvalue weighted by atomic mass is 10.1. The third kappa shape index (κ3) is 4.35. The van der Waals surface area contributed by atoms with Crippen molar-refractivity contribution >= 4 is 5.91 Å². The average Bonchev–Trinajstić information content (AvgIpc) is 2.78. The molecular formula is C16H24N2O. The Morgan fingerprint density at radius 3 is 2.47 bits per heavy atom. The Bertz CT molecular complexity index is 404. The summed E-state index contributed by atoms with van der Waals surface area (Å²) in [5.74, 6) is 0.824. The highest BCUT2D eigenvalue weighted by molar-refractivity contribution is 5.76. The molecule has 0 saturated heterocycles. The van der Waals surface area contributed by atoms with Gasteiger partial charge in [0.05, 0.1) is 0 Å². The van der Waals surface area contributed by atoms with E-state index in [2.05, 4.69) is 48.3 Å². The van der Waals surface area contributed by atoms with Gasteiger partial charge in [0.25, 0.3) is 0 Å². The van der Waals surface area contributed by atoms with Crippen LogP contribution in [-0.2, 0) is 17.9 Å². The Kier molecular flexibility index (Phi) is 4.97. The summed E-state index contributed by atoms with van der Waals surface area (Å²) in [7, 11) is 0. The molecule has 0 aromatic heterocycles. The molecule has 1 aromatic rings. The Morgan fingerprint density at radius 1 is 1.26 bits per heavy atom. The van der Waals surface area contributed by atoms with Crippen LogP contribution in [0, 0.1) is 5.92 Å². The van der Waals surface area contributed by atoms with Crippen LogP contribution < -0.4 is 5.32 Å². The number of rotatable bonds is 6. The molecule has 19 heavy (non-hydrogen) atoms. The van der Waals surface area contributed by atoms with Gasteiger partial charge in [-0.15, -0.1) is 0 Å². The molecule has 1 heterocycles. The average molecular weight is 260 g/mol. The second-order valence-corrected chi connectivity index (χ2v) is 5.76. The summed E-state index contributed by atoms with van der Waals surface area (Å²) in [6.07, 6.45) is 1.66. The van der Waals surface area contributed by atoms with E-state index in [1.807, 2.05) is 0 Å². The van der Waals surface area contributed by atoms with Crippen LogP contribution in [0.1, 0.15) is 37.8 Å². The van der Waals surface area contributed by atoms with E-state index in [0.29, 0.717) is 12.3 Å². The number of nitrogens with zero attached hydrogens (tertiary/aromatic N) is 1. The quantitative estimate of drug-likeness (QED) is 0.852. The molecule has 104 valence electrons. The van der Waals surface area contributed by atoms with E-state index < -0.39 is 0 Å². The predicted octanol–water partition coefficient (Wildman–Crippen LogP) is 2.55. The van der Waals surface area contributed by atoms with Crippen molar-refractivity contribution in [1.82, 2.24) is 10.2 Å². The first-order valence-electron chi connectivity index (χ1n) is 7.21. The molecule has 0 bridgehead atoms. The minimum absolute atomic E-state index is 0.177. The van der Waals surface area contributed by atoms with E-state index in [0.717, 1.165) is 32.6 Å². The fraction of sp³-hybridized carbons (Fsp3) is 0.562. The zero-order chi connectivity index (χ0) is 13.7. The van der Waals surface area contributed by atoms with Gasteiger partial charge in [0, 0.05) is 32.6 Å². The van der Waals surface area contributed by atoms with Crippen molar-refractivity contribution in [3.05, 3.63) is 35.4 Å². The number of amides is 1. The number of hydrogen-bond acceptors (Lipinski definition) is 2. The highest BCUT2D eigenvalue weighted by Gasteiger charge is 2.18. The zero-order valence-electron chi connectivity index (χ0n) is 12.0. The molecule has 0 radical (unpaired) electrons. The summed E-state index contributed by atoms with van der Waals surface area (Å²) in [4.78, 5) is 14.1. The summed E-state index contributed by atoms with van der Waals surface area (Å²) >= 11 is 0. The minimum atomic E-state index is 0.177. The SMILES string of the molecule is CC(C)CCNC(=O)CCN1Cc2ccccc2C1. The van der Waals surface area contributed by atoms with E-state index >= 15 is 0 Å². The Morgan fingerprint density at radius 2 is 1.89 bits per heavy atom. The monoisotopic (exact) mass is 260 g/mol. The molecule has 1 N–H and O–H groups in total. The lowest BCUT2D eigenvalue weighted by Crippen LogP contribution is -2.29. The predicted molar refractivity (Wildman–Crippen MR) is 77.6 cm³/mol. The second kappa shape index (κ2) is 6.71.